The first-order valence-corrected chi connectivity index (χ1v) is 5.73. The van der Waals surface area contributed by atoms with Crippen LogP contribution in [-0.2, 0) is 0 Å². The number of rotatable bonds is 4. The first-order valence-electron chi connectivity index (χ1n) is 5.73. The van der Waals surface area contributed by atoms with Crippen LogP contribution in [0.3, 0.4) is 0 Å². The zero-order valence-electron chi connectivity index (χ0n) is 10.1. The van der Waals surface area contributed by atoms with Crippen LogP contribution in [0.25, 0.3) is 0 Å². The maximum Gasteiger partial charge on any atom is 0.0351 e. The zero-order chi connectivity index (χ0) is 10.6. The van der Waals surface area contributed by atoms with E-state index in [1.54, 1.807) is 0 Å². The predicted molar refractivity (Wildman–Crippen MR) is 61.7 cm³/mol. The summed E-state index contributed by atoms with van der Waals surface area (Å²) in [7, 11) is 6.60. The molecule has 0 aromatic heterocycles. The lowest BCUT2D eigenvalue weighted by molar-refractivity contribution is 0.147. The number of likely N-dealkylation sites (N-methyl/N-ethyl adjacent to an activating group) is 2. The van der Waals surface area contributed by atoms with Crippen molar-refractivity contribution < 1.29 is 0 Å². The van der Waals surface area contributed by atoms with E-state index in [2.05, 4.69) is 43.2 Å². The summed E-state index contributed by atoms with van der Waals surface area (Å²) in [6.07, 6.45) is 2.56. The highest BCUT2D eigenvalue weighted by atomic mass is 15.2. The van der Waals surface area contributed by atoms with Gasteiger partial charge in [-0.1, -0.05) is 13.3 Å². The number of nitrogens with zero attached hydrogens (tertiary/aromatic N) is 2. The van der Waals surface area contributed by atoms with Gasteiger partial charge in [0.2, 0.25) is 0 Å². The molecule has 2 atom stereocenters. The Labute approximate surface area is 88.5 Å². The molecule has 1 saturated heterocycles. The fourth-order valence-electron chi connectivity index (χ4n) is 2.31. The first-order chi connectivity index (χ1) is 6.65. The normalized spacial score (nSPS) is 26.8. The van der Waals surface area contributed by atoms with Gasteiger partial charge in [0.25, 0.3) is 0 Å². The summed E-state index contributed by atoms with van der Waals surface area (Å²) in [6.45, 7) is 5.77. The van der Waals surface area contributed by atoms with Crippen LogP contribution in [0.5, 0.6) is 0 Å². The van der Waals surface area contributed by atoms with E-state index in [4.69, 9.17) is 0 Å². The van der Waals surface area contributed by atoms with E-state index in [1.165, 1.54) is 25.9 Å². The van der Waals surface area contributed by atoms with Crippen molar-refractivity contribution in [2.45, 2.75) is 31.8 Å². The lowest BCUT2D eigenvalue weighted by Crippen LogP contribution is -2.57. The van der Waals surface area contributed by atoms with Crippen molar-refractivity contribution >= 4 is 0 Å². The van der Waals surface area contributed by atoms with Gasteiger partial charge in [0.05, 0.1) is 0 Å². The third-order valence-electron chi connectivity index (χ3n) is 3.12. The highest BCUT2D eigenvalue weighted by Crippen LogP contribution is 2.11. The Kier molecular flexibility index (Phi) is 4.85. The molecule has 1 N–H and O–H groups in total. The molecule has 3 nitrogen and oxygen atoms in total. The fraction of sp³-hybridized carbons (Fsp3) is 1.00. The summed E-state index contributed by atoms with van der Waals surface area (Å²) in [5.74, 6) is 0. The number of hydrogen-bond acceptors (Lipinski definition) is 3. The lowest BCUT2D eigenvalue weighted by atomic mass is 10.0. The predicted octanol–water partition coefficient (Wildman–Crippen LogP) is 0.620. The van der Waals surface area contributed by atoms with Gasteiger partial charge in [0.1, 0.15) is 0 Å². The highest BCUT2D eigenvalue weighted by molar-refractivity contribution is 4.87. The maximum absolute atomic E-state index is 3.63. The van der Waals surface area contributed by atoms with Crippen LogP contribution in [-0.4, -0.2) is 62.7 Å². The second kappa shape index (κ2) is 5.69. The molecule has 0 aromatic carbocycles. The van der Waals surface area contributed by atoms with Crippen LogP contribution in [0.2, 0.25) is 0 Å². The van der Waals surface area contributed by atoms with Crippen LogP contribution >= 0.6 is 0 Å². The SMILES string of the molecule is CCCC(C1CN(C)CCN1)N(C)C. The summed E-state index contributed by atoms with van der Waals surface area (Å²) in [6, 6.07) is 1.33. The average Bonchev–Trinajstić information content (AvgIpc) is 2.13. The minimum atomic E-state index is 0.642. The van der Waals surface area contributed by atoms with E-state index < -0.39 is 0 Å². The third-order valence-corrected chi connectivity index (χ3v) is 3.12. The van der Waals surface area contributed by atoms with Gasteiger partial charge in [-0.3, -0.25) is 0 Å². The van der Waals surface area contributed by atoms with Crippen molar-refractivity contribution in [2.24, 2.45) is 0 Å². The molecule has 0 spiro atoms. The fourth-order valence-corrected chi connectivity index (χ4v) is 2.31. The molecule has 1 aliphatic rings. The summed E-state index contributed by atoms with van der Waals surface area (Å²) in [5, 5.41) is 3.63. The summed E-state index contributed by atoms with van der Waals surface area (Å²) < 4.78 is 0. The van der Waals surface area contributed by atoms with Gasteiger partial charge in [-0.25, -0.2) is 0 Å². The minimum absolute atomic E-state index is 0.642. The second-order valence-electron chi connectivity index (χ2n) is 4.64. The standard InChI is InChI=1S/C11H25N3/c1-5-6-11(13(2)3)10-9-14(4)8-7-12-10/h10-12H,5-9H2,1-4H3. The van der Waals surface area contributed by atoms with Crippen molar-refractivity contribution in [1.82, 2.24) is 15.1 Å². The van der Waals surface area contributed by atoms with E-state index in [-0.39, 0.29) is 0 Å². The van der Waals surface area contributed by atoms with Crippen LogP contribution < -0.4 is 5.32 Å². The van der Waals surface area contributed by atoms with Crippen LogP contribution in [0.1, 0.15) is 19.8 Å². The van der Waals surface area contributed by atoms with E-state index >= 15 is 0 Å². The number of piperazine rings is 1. The molecule has 0 aromatic rings. The Morgan fingerprint density at radius 2 is 2.21 bits per heavy atom. The largest absolute Gasteiger partial charge is 0.310 e. The van der Waals surface area contributed by atoms with Crippen molar-refractivity contribution in [3.63, 3.8) is 0 Å². The molecule has 3 heteroatoms. The number of nitrogens with one attached hydrogen (secondary N) is 1. The van der Waals surface area contributed by atoms with Gasteiger partial charge >= 0.3 is 0 Å². The van der Waals surface area contributed by atoms with Crippen molar-refractivity contribution in [3.8, 4) is 0 Å². The molecule has 0 radical (unpaired) electrons. The van der Waals surface area contributed by atoms with E-state index in [0.29, 0.717) is 12.1 Å². The summed E-state index contributed by atoms with van der Waals surface area (Å²) in [5.41, 5.74) is 0. The molecule has 14 heavy (non-hydrogen) atoms. The molecule has 1 fully saturated rings. The lowest BCUT2D eigenvalue weighted by Gasteiger charge is -2.39. The molecule has 2 unspecified atom stereocenters. The van der Waals surface area contributed by atoms with Crippen LogP contribution in [0, 0.1) is 0 Å². The van der Waals surface area contributed by atoms with E-state index in [9.17, 15) is 0 Å². The Bertz CT molecular complexity index is 159. The topological polar surface area (TPSA) is 18.5 Å². The monoisotopic (exact) mass is 199 g/mol. The van der Waals surface area contributed by atoms with Crippen LogP contribution in [0.15, 0.2) is 0 Å². The maximum atomic E-state index is 3.63. The second-order valence-corrected chi connectivity index (χ2v) is 4.64. The molecule has 84 valence electrons. The molecular weight excluding hydrogens is 174 g/mol. The van der Waals surface area contributed by atoms with E-state index in [0.717, 1.165) is 6.54 Å². The summed E-state index contributed by atoms with van der Waals surface area (Å²) >= 11 is 0. The summed E-state index contributed by atoms with van der Waals surface area (Å²) in [4.78, 5) is 4.79. The van der Waals surface area contributed by atoms with Gasteiger partial charge in [0.15, 0.2) is 0 Å². The molecule has 0 amide bonds. The zero-order valence-corrected chi connectivity index (χ0v) is 10.1. The van der Waals surface area contributed by atoms with Gasteiger partial charge in [0, 0.05) is 31.7 Å². The first kappa shape index (κ1) is 12.0. The van der Waals surface area contributed by atoms with Gasteiger partial charge < -0.3 is 15.1 Å². The molecule has 0 saturated carbocycles. The number of hydrogen-bond donors (Lipinski definition) is 1. The molecular formula is C11H25N3. The van der Waals surface area contributed by atoms with Gasteiger partial charge in [-0.05, 0) is 27.6 Å². The Morgan fingerprint density at radius 1 is 1.50 bits per heavy atom. The quantitative estimate of drug-likeness (QED) is 0.716. The molecule has 1 heterocycles. The van der Waals surface area contributed by atoms with Crippen LogP contribution in [0.4, 0.5) is 0 Å². The highest BCUT2D eigenvalue weighted by Gasteiger charge is 2.25. The molecule has 0 bridgehead atoms. The molecule has 1 aliphatic heterocycles. The van der Waals surface area contributed by atoms with Gasteiger partial charge in [-0.15, -0.1) is 0 Å². The molecule has 1 rings (SSSR count). The Hall–Kier alpha value is -0.120. The minimum Gasteiger partial charge on any atom is -0.310 e. The van der Waals surface area contributed by atoms with Crippen molar-refractivity contribution in [1.29, 1.82) is 0 Å². The molecule has 0 aliphatic carbocycles. The Morgan fingerprint density at radius 3 is 2.71 bits per heavy atom. The van der Waals surface area contributed by atoms with Crippen molar-refractivity contribution in [3.05, 3.63) is 0 Å². The van der Waals surface area contributed by atoms with Crippen molar-refractivity contribution in [2.75, 3.05) is 40.8 Å². The Balaban J connectivity index is 2.48. The van der Waals surface area contributed by atoms with Gasteiger partial charge in [-0.2, -0.15) is 0 Å². The average molecular weight is 199 g/mol. The third kappa shape index (κ3) is 3.23. The van der Waals surface area contributed by atoms with E-state index in [1.807, 2.05) is 0 Å². The smallest absolute Gasteiger partial charge is 0.0351 e.